The Morgan fingerprint density at radius 3 is 2.80 bits per heavy atom. The van der Waals surface area contributed by atoms with Crippen molar-refractivity contribution < 1.29 is 13.2 Å². The molecule has 1 aliphatic rings. The molecule has 3 heterocycles. The van der Waals surface area contributed by atoms with Crippen molar-refractivity contribution in [3.63, 3.8) is 0 Å². The van der Waals surface area contributed by atoms with Gasteiger partial charge in [0.1, 0.15) is 0 Å². The van der Waals surface area contributed by atoms with Crippen LogP contribution in [0.1, 0.15) is 35.7 Å². The number of hydrogen-bond donors (Lipinski definition) is 1. The van der Waals surface area contributed by atoms with Crippen molar-refractivity contribution in [2.75, 3.05) is 6.54 Å². The topological polar surface area (TPSA) is 97.2 Å². The van der Waals surface area contributed by atoms with Crippen LogP contribution < -0.4 is 5.32 Å². The molecule has 2 aromatic heterocycles. The normalized spacial score (nSPS) is 15.2. The second-order valence-electron chi connectivity index (χ2n) is 6.18. The molecule has 8 nitrogen and oxygen atoms in total. The highest BCUT2D eigenvalue weighted by molar-refractivity contribution is 7.89. The lowest BCUT2D eigenvalue weighted by molar-refractivity contribution is 0.0944. The number of carbonyl (C=O) groups is 1. The monoisotopic (exact) mass is 363 g/mol. The van der Waals surface area contributed by atoms with Crippen LogP contribution in [0.3, 0.4) is 0 Å². The van der Waals surface area contributed by atoms with Gasteiger partial charge in [-0.1, -0.05) is 6.07 Å². The zero-order chi connectivity index (χ0) is 18.0. The van der Waals surface area contributed by atoms with Crippen molar-refractivity contribution in [2.45, 2.75) is 38.7 Å². The van der Waals surface area contributed by atoms with Gasteiger partial charge in [-0.25, -0.2) is 8.42 Å². The molecule has 0 saturated carbocycles. The molecule has 0 bridgehead atoms. The van der Waals surface area contributed by atoms with Gasteiger partial charge in [0.15, 0.2) is 5.69 Å². The largest absolute Gasteiger partial charge is 0.345 e. The quantitative estimate of drug-likeness (QED) is 0.846. The van der Waals surface area contributed by atoms with Crippen LogP contribution in [0.5, 0.6) is 0 Å². The van der Waals surface area contributed by atoms with E-state index in [-0.39, 0.29) is 18.1 Å². The molecule has 1 amide bonds. The molecule has 0 fully saturated rings. The Morgan fingerprint density at radius 1 is 1.32 bits per heavy atom. The van der Waals surface area contributed by atoms with Gasteiger partial charge in [-0.05, 0) is 32.0 Å². The number of fused-ring (bicyclic) bond motifs is 1. The lowest BCUT2D eigenvalue weighted by Gasteiger charge is -2.28. The molecule has 0 spiro atoms. The van der Waals surface area contributed by atoms with Gasteiger partial charge in [-0.15, -0.1) is 0 Å². The highest BCUT2D eigenvalue weighted by Crippen LogP contribution is 2.19. The summed E-state index contributed by atoms with van der Waals surface area (Å²) < 4.78 is 27.8. The van der Waals surface area contributed by atoms with Crippen LogP contribution in [0.15, 0.2) is 30.5 Å². The van der Waals surface area contributed by atoms with E-state index >= 15 is 0 Å². The van der Waals surface area contributed by atoms with E-state index in [2.05, 4.69) is 15.4 Å². The zero-order valence-electron chi connectivity index (χ0n) is 14.2. The minimum Gasteiger partial charge on any atom is -0.345 e. The number of pyridine rings is 1. The van der Waals surface area contributed by atoms with Crippen molar-refractivity contribution in [3.8, 4) is 0 Å². The summed E-state index contributed by atoms with van der Waals surface area (Å²) in [6, 6.07) is 7.14. The molecule has 3 rings (SSSR count). The van der Waals surface area contributed by atoms with Gasteiger partial charge in [0.25, 0.3) is 5.91 Å². The molecule has 134 valence electrons. The second-order valence-corrected chi connectivity index (χ2v) is 8.66. The van der Waals surface area contributed by atoms with Crippen molar-refractivity contribution in [2.24, 2.45) is 0 Å². The average Bonchev–Trinajstić information content (AvgIpc) is 3.03. The van der Waals surface area contributed by atoms with Crippen molar-refractivity contribution in [1.82, 2.24) is 24.4 Å². The number of aromatic nitrogens is 3. The van der Waals surface area contributed by atoms with Crippen molar-refractivity contribution in [1.29, 1.82) is 0 Å². The van der Waals surface area contributed by atoms with E-state index in [4.69, 9.17) is 0 Å². The molecule has 9 heteroatoms. The number of amides is 1. The summed E-state index contributed by atoms with van der Waals surface area (Å²) in [4.78, 5) is 16.4. The minimum atomic E-state index is -3.32. The third-order valence-electron chi connectivity index (χ3n) is 4.11. The summed E-state index contributed by atoms with van der Waals surface area (Å²) in [7, 11) is -3.32. The van der Waals surface area contributed by atoms with E-state index in [1.54, 1.807) is 30.8 Å². The van der Waals surface area contributed by atoms with E-state index in [1.165, 1.54) is 4.31 Å². The predicted octanol–water partition coefficient (Wildman–Crippen LogP) is 0.762. The van der Waals surface area contributed by atoms with Crippen LogP contribution in [0.25, 0.3) is 0 Å². The lowest BCUT2D eigenvalue weighted by atomic mass is 10.3. The molecular formula is C16H21N5O3S. The molecule has 1 N–H and O–H groups in total. The lowest BCUT2D eigenvalue weighted by Crippen LogP contribution is -2.41. The number of hydrogen-bond acceptors (Lipinski definition) is 5. The van der Waals surface area contributed by atoms with Crippen LogP contribution >= 0.6 is 0 Å². The van der Waals surface area contributed by atoms with Crippen molar-refractivity contribution in [3.05, 3.63) is 47.5 Å². The predicted molar refractivity (Wildman–Crippen MR) is 92.1 cm³/mol. The average molecular weight is 363 g/mol. The fraction of sp³-hybridized carbons (Fsp3) is 0.438. The van der Waals surface area contributed by atoms with Gasteiger partial charge >= 0.3 is 0 Å². The van der Waals surface area contributed by atoms with Crippen molar-refractivity contribution >= 4 is 15.9 Å². The van der Waals surface area contributed by atoms with Gasteiger partial charge < -0.3 is 5.32 Å². The summed E-state index contributed by atoms with van der Waals surface area (Å²) in [6.45, 7) is 4.69. The van der Waals surface area contributed by atoms with E-state index in [0.29, 0.717) is 19.6 Å². The van der Waals surface area contributed by atoms with Gasteiger partial charge in [0.2, 0.25) is 10.0 Å². The maximum absolute atomic E-state index is 12.3. The number of sulfonamides is 1. The SMILES string of the molecule is CC(C)S(=O)(=O)N1CCn2nc(C(=O)NCc3ccccn3)cc2C1. The summed E-state index contributed by atoms with van der Waals surface area (Å²) in [5.74, 6) is -0.300. The first-order valence-electron chi connectivity index (χ1n) is 8.11. The number of carbonyl (C=O) groups excluding carboxylic acids is 1. The third-order valence-corrected chi connectivity index (χ3v) is 6.33. The molecule has 1 aliphatic heterocycles. The molecular weight excluding hydrogens is 342 g/mol. The van der Waals surface area contributed by atoms with E-state index in [9.17, 15) is 13.2 Å². The Hall–Kier alpha value is -2.26. The van der Waals surface area contributed by atoms with Crippen LogP contribution in [0, 0.1) is 0 Å². The third kappa shape index (κ3) is 3.72. The molecule has 25 heavy (non-hydrogen) atoms. The van der Waals surface area contributed by atoms with Crippen LogP contribution in [0.2, 0.25) is 0 Å². The first-order valence-corrected chi connectivity index (χ1v) is 9.62. The molecule has 0 radical (unpaired) electrons. The molecule has 2 aromatic rings. The molecule has 0 aliphatic carbocycles. The summed E-state index contributed by atoms with van der Waals surface area (Å²) in [5, 5.41) is 6.59. The maximum atomic E-state index is 12.3. The zero-order valence-corrected chi connectivity index (χ0v) is 15.0. The summed E-state index contributed by atoms with van der Waals surface area (Å²) in [6.07, 6.45) is 1.67. The smallest absolute Gasteiger partial charge is 0.272 e. The molecule has 0 aromatic carbocycles. The van der Waals surface area contributed by atoms with Gasteiger partial charge in [-0.3, -0.25) is 14.5 Å². The number of nitrogens with one attached hydrogen (secondary N) is 1. The number of nitrogens with zero attached hydrogens (tertiary/aromatic N) is 4. The Kier molecular flexibility index (Phi) is 4.87. The minimum absolute atomic E-state index is 0.237. The van der Waals surface area contributed by atoms with E-state index in [1.807, 2.05) is 18.2 Å². The molecule has 0 atom stereocenters. The Balaban J connectivity index is 1.69. The van der Waals surface area contributed by atoms with Gasteiger partial charge in [-0.2, -0.15) is 9.40 Å². The molecule has 0 unspecified atom stereocenters. The standard InChI is InChI=1S/C16H21N5O3S/c1-12(2)25(23,24)20-7-8-21-14(11-20)9-15(19-21)16(22)18-10-13-5-3-4-6-17-13/h3-6,9,12H,7-8,10-11H2,1-2H3,(H,18,22). The van der Waals surface area contributed by atoms with Crippen LogP contribution in [0.4, 0.5) is 0 Å². The highest BCUT2D eigenvalue weighted by Gasteiger charge is 2.30. The number of rotatable bonds is 5. The maximum Gasteiger partial charge on any atom is 0.272 e. The first kappa shape index (κ1) is 17.6. The van der Waals surface area contributed by atoms with Gasteiger partial charge in [0.05, 0.1) is 36.3 Å². The molecule has 0 saturated heterocycles. The fourth-order valence-corrected chi connectivity index (χ4v) is 3.88. The Morgan fingerprint density at radius 2 is 2.12 bits per heavy atom. The summed E-state index contributed by atoms with van der Waals surface area (Å²) in [5.41, 5.74) is 1.77. The van der Waals surface area contributed by atoms with Crippen LogP contribution in [-0.2, 0) is 29.7 Å². The van der Waals surface area contributed by atoms with E-state index < -0.39 is 15.3 Å². The highest BCUT2D eigenvalue weighted by atomic mass is 32.2. The first-order chi connectivity index (χ1) is 11.9. The van der Waals surface area contributed by atoms with Gasteiger partial charge in [0, 0.05) is 12.7 Å². The fourth-order valence-electron chi connectivity index (χ4n) is 2.63. The van der Waals surface area contributed by atoms with Crippen LogP contribution in [-0.4, -0.2) is 45.2 Å². The van der Waals surface area contributed by atoms with E-state index in [0.717, 1.165) is 11.4 Å². The second kappa shape index (κ2) is 6.93. The summed E-state index contributed by atoms with van der Waals surface area (Å²) >= 11 is 0. The Labute approximate surface area is 146 Å². The Bertz CT molecular complexity index is 861.